The summed E-state index contributed by atoms with van der Waals surface area (Å²) in [6.07, 6.45) is 5.31. The van der Waals surface area contributed by atoms with Gasteiger partial charge in [0.05, 0.1) is 24.3 Å². The van der Waals surface area contributed by atoms with E-state index in [1.807, 2.05) is 58.9 Å². The van der Waals surface area contributed by atoms with E-state index in [-0.39, 0.29) is 6.03 Å². The standard InChI is InChI=1S/C19H20N4O2S/c1-25-15-9-7-13(8-10-15)20-19(24)21-18-16-11-26-12-17(16)22-23(18)14-5-3-2-4-6-14/h2-7,9H,8,10-12H2,1H3,(H2,20,21,24). The van der Waals surface area contributed by atoms with Crippen LogP contribution in [0.25, 0.3) is 5.69 Å². The highest BCUT2D eigenvalue weighted by Crippen LogP contribution is 2.36. The van der Waals surface area contributed by atoms with Crippen molar-refractivity contribution in [1.29, 1.82) is 0 Å². The molecule has 134 valence electrons. The van der Waals surface area contributed by atoms with Gasteiger partial charge in [-0.25, -0.2) is 9.48 Å². The van der Waals surface area contributed by atoms with Crippen LogP contribution >= 0.6 is 11.8 Å². The number of carbonyl (C=O) groups excluding carboxylic acids is 1. The number of fused-ring (bicyclic) bond motifs is 1. The molecule has 0 unspecified atom stereocenters. The van der Waals surface area contributed by atoms with E-state index >= 15 is 0 Å². The van der Waals surface area contributed by atoms with Crippen molar-refractivity contribution in [2.24, 2.45) is 0 Å². The van der Waals surface area contributed by atoms with E-state index in [1.54, 1.807) is 7.11 Å². The molecule has 26 heavy (non-hydrogen) atoms. The van der Waals surface area contributed by atoms with Crippen molar-refractivity contribution in [3.05, 3.63) is 65.2 Å². The second-order valence-corrected chi connectivity index (χ2v) is 7.11. The summed E-state index contributed by atoms with van der Waals surface area (Å²) in [6.45, 7) is 0. The second-order valence-electron chi connectivity index (χ2n) is 6.12. The van der Waals surface area contributed by atoms with Gasteiger partial charge >= 0.3 is 6.03 Å². The Labute approximate surface area is 156 Å². The van der Waals surface area contributed by atoms with E-state index in [1.165, 1.54) is 0 Å². The normalized spacial score (nSPS) is 15.7. The van der Waals surface area contributed by atoms with Gasteiger partial charge in [0, 0.05) is 29.2 Å². The molecule has 0 atom stereocenters. The van der Waals surface area contributed by atoms with Crippen LogP contribution in [0.2, 0.25) is 0 Å². The van der Waals surface area contributed by atoms with Gasteiger partial charge in [-0.3, -0.25) is 5.32 Å². The summed E-state index contributed by atoms with van der Waals surface area (Å²) >= 11 is 1.81. The van der Waals surface area contributed by atoms with Crippen molar-refractivity contribution in [2.75, 3.05) is 12.4 Å². The van der Waals surface area contributed by atoms with Gasteiger partial charge in [-0.15, -0.1) is 0 Å². The number of aromatic nitrogens is 2. The van der Waals surface area contributed by atoms with Crippen LogP contribution in [0.5, 0.6) is 0 Å². The maximum Gasteiger partial charge on any atom is 0.324 e. The number of allylic oxidation sites excluding steroid dienone is 4. The van der Waals surface area contributed by atoms with Crippen molar-refractivity contribution in [2.45, 2.75) is 24.3 Å². The number of anilines is 1. The summed E-state index contributed by atoms with van der Waals surface area (Å²) in [7, 11) is 1.66. The molecule has 0 bridgehead atoms. The smallest absolute Gasteiger partial charge is 0.324 e. The van der Waals surface area contributed by atoms with Gasteiger partial charge in [-0.05, 0) is 30.7 Å². The van der Waals surface area contributed by atoms with Crippen LogP contribution in [-0.2, 0) is 16.2 Å². The summed E-state index contributed by atoms with van der Waals surface area (Å²) in [6, 6.07) is 9.62. The number of nitrogens with zero attached hydrogens (tertiary/aromatic N) is 2. The van der Waals surface area contributed by atoms with Crippen molar-refractivity contribution in [1.82, 2.24) is 15.1 Å². The average Bonchev–Trinajstić information content (AvgIpc) is 3.26. The fourth-order valence-corrected chi connectivity index (χ4v) is 4.11. The van der Waals surface area contributed by atoms with E-state index in [0.29, 0.717) is 0 Å². The second kappa shape index (κ2) is 7.29. The number of thioether (sulfide) groups is 1. The molecule has 0 spiro atoms. The fraction of sp³-hybridized carbons (Fsp3) is 0.263. The number of hydrogen-bond acceptors (Lipinski definition) is 4. The molecule has 1 aliphatic carbocycles. The third kappa shape index (κ3) is 3.35. The lowest BCUT2D eigenvalue weighted by atomic mass is 10.1. The van der Waals surface area contributed by atoms with Crippen molar-refractivity contribution < 1.29 is 9.53 Å². The number of hydrogen-bond donors (Lipinski definition) is 2. The van der Waals surface area contributed by atoms with E-state index < -0.39 is 0 Å². The minimum Gasteiger partial charge on any atom is -0.501 e. The molecule has 2 aliphatic rings. The van der Waals surface area contributed by atoms with Crippen LogP contribution < -0.4 is 10.6 Å². The predicted octanol–water partition coefficient (Wildman–Crippen LogP) is 3.95. The SMILES string of the molecule is COC1=CC=C(NC(=O)Nc2c3c(nn2-c2ccccc2)CSC3)CC1. The van der Waals surface area contributed by atoms with Gasteiger partial charge in [0.15, 0.2) is 0 Å². The first-order chi connectivity index (χ1) is 12.7. The third-order valence-electron chi connectivity index (χ3n) is 4.43. The number of ether oxygens (including phenoxy) is 1. The molecule has 7 heteroatoms. The van der Waals surface area contributed by atoms with Crippen molar-refractivity contribution >= 4 is 23.6 Å². The Balaban J connectivity index is 1.55. The molecule has 0 saturated heterocycles. The highest BCUT2D eigenvalue weighted by molar-refractivity contribution is 7.98. The lowest BCUT2D eigenvalue weighted by molar-refractivity contribution is 0.252. The van der Waals surface area contributed by atoms with Gasteiger partial charge in [0.25, 0.3) is 0 Å². The van der Waals surface area contributed by atoms with Gasteiger partial charge in [-0.1, -0.05) is 18.2 Å². The summed E-state index contributed by atoms with van der Waals surface area (Å²) in [5.41, 5.74) is 3.96. The van der Waals surface area contributed by atoms with Crippen LogP contribution in [0.4, 0.5) is 10.6 Å². The Morgan fingerprint density at radius 2 is 2.00 bits per heavy atom. The van der Waals surface area contributed by atoms with Crippen LogP contribution in [0.15, 0.2) is 53.9 Å². The van der Waals surface area contributed by atoms with E-state index in [9.17, 15) is 4.79 Å². The minimum absolute atomic E-state index is 0.248. The van der Waals surface area contributed by atoms with Gasteiger partial charge < -0.3 is 10.1 Å². The Hall–Kier alpha value is -2.67. The quantitative estimate of drug-likeness (QED) is 0.857. The lowest BCUT2D eigenvalue weighted by Gasteiger charge is -2.16. The number of urea groups is 1. The molecular weight excluding hydrogens is 348 g/mol. The van der Waals surface area contributed by atoms with E-state index in [2.05, 4.69) is 10.6 Å². The minimum atomic E-state index is -0.248. The predicted molar refractivity (Wildman–Crippen MR) is 103 cm³/mol. The topological polar surface area (TPSA) is 68.2 Å². The number of para-hydroxylation sites is 1. The first-order valence-electron chi connectivity index (χ1n) is 8.50. The van der Waals surface area contributed by atoms with Gasteiger partial charge in [0.1, 0.15) is 5.82 Å². The number of carbonyl (C=O) groups is 1. The molecule has 2 amide bonds. The zero-order valence-corrected chi connectivity index (χ0v) is 15.3. The van der Waals surface area contributed by atoms with Gasteiger partial charge in [-0.2, -0.15) is 16.9 Å². The molecule has 2 N–H and O–H groups in total. The average molecular weight is 368 g/mol. The number of amides is 2. The summed E-state index contributed by atoms with van der Waals surface area (Å²) in [4.78, 5) is 12.6. The summed E-state index contributed by atoms with van der Waals surface area (Å²) < 4.78 is 7.04. The molecule has 2 heterocycles. The maximum atomic E-state index is 12.6. The number of benzene rings is 1. The Bertz CT molecular complexity index is 886. The maximum absolute atomic E-state index is 12.6. The largest absolute Gasteiger partial charge is 0.501 e. The van der Waals surface area contributed by atoms with Crippen molar-refractivity contribution in [3.63, 3.8) is 0 Å². The Morgan fingerprint density at radius 3 is 2.73 bits per heavy atom. The molecule has 0 fully saturated rings. The van der Waals surface area contributed by atoms with Crippen LogP contribution in [0.3, 0.4) is 0 Å². The zero-order valence-electron chi connectivity index (χ0n) is 14.5. The summed E-state index contributed by atoms with van der Waals surface area (Å²) in [5, 5.41) is 10.6. The molecule has 2 aromatic rings. The van der Waals surface area contributed by atoms with Crippen molar-refractivity contribution in [3.8, 4) is 5.69 Å². The molecule has 0 radical (unpaired) electrons. The molecule has 1 aromatic carbocycles. The van der Waals surface area contributed by atoms with Crippen LogP contribution in [0, 0.1) is 0 Å². The summed E-state index contributed by atoms with van der Waals surface area (Å²) in [5.74, 6) is 3.41. The molecule has 1 aromatic heterocycles. The molecule has 6 nitrogen and oxygen atoms in total. The van der Waals surface area contributed by atoms with Crippen LogP contribution in [-0.4, -0.2) is 22.9 Å². The Morgan fingerprint density at radius 1 is 1.15 bits per heavy atom. The zero-order chi connectivity index (χ0) is 17.9. The van der Waals surface area contributed by atoms with Crippen LogP contribution in [0.1, 0.15) is 24.1 Å². The Kier molecular flexibility index (Phi) is 4.71. The monoisotopic (exact) mass is 368 g/mol. The highest BCUT2D eigenvalue weighted by atomic mass is 32.2. The molecular formula is C19H20N4O2S. The first-order valence-corrected chi connectivity index (χ1v) is 9.65. The molecule has 4 rings (SSSR count). The highest BCUT2D eigenvalue weighted by Gasteiger charge is 2.24. The number of methoxy groups -OCH3 is 1. The number of nitrogens with one attached hydrogen (secondary N) is 2. The van der Waals surface area contributed by atoms with E-state index in [0.717, 1.165) is 58.6 Å². The number of rotatable bonds is 4. The molecule has 0 saturated carbocycles. The fourth-order valence-electron chi connectivity index (χ4n) is 3.07. The third-order valence-corrected chi connectivity index (χ3v) is 5.40. The van der Waals surface area contributed by atoms with E-state index in [4.69, 9.17) is 9.84 Å². The lowest BCUT2D eigenvalue weighted by Crippen LogP contribution is -2.30. The first kappa shape index (κ1) is 16.8. The van der Waals surface area contributed by atoms with Gasteiger partial charge in [0.2, 0.25) is 0 Å². The molecule has 1 aliphatic heterocycles.